The summed E-state index contributed by atoms with van der Waals surface area (Å²) in [7, 11) is 0. The Morgan fingerprint density at radius 1 is 0.758 bits per heavy atom. The first-order chi connectivity index (χ1) is 15.8. The van der Waals surface area contributed by atoms with Crippen LogP contribution in [0.4, 0.5) is 17.1 Å². The Labute approximate surface area is 194 Å². The van der Waals surface area contributed by atoms with E-state index in [-0.39, 0.29) is 22.4 Å². The SMILES string of the molecule is CC(=O)c1ccc(NC(=O)c2ccc(NC3=C(Cl)C(=O)N(c4ccccc4)C3=O)cc2)cc1. The molecule has 4 rings (SSSR count). The maximum absolute atomic E-state index is 12.8. The molecule has 1 heterocycles. The number of nitrogens with zero attached hydrogens (tertiary/aromatic N) is 1. The Morgan fingerprint density at radius 3 is 1.94 bits per heavy atom. The minimum atomic E-state index is -0.609. The van der Waals surface area contributed by atoms with Crippen LogP contribution in [0, 0.1) is 0 Å². The first-order valence-corrected chi connectivity index (χ1v) is 10.4. The Bertz CT molecular complexity index is 1280. The van der Waals surface area contributed by atoms with Gasteiger partial charge < -0.3 is 10.6 Å². The lowest BCUT2D eigenvalue weighted by Crippen LogP contribution is -2.32. The van der Waals surface area contributed by atoms with Gasteiger partial charge >= 0.3 is 0 Å². The van der Waals surface area contributed by atoms with Crippen molar-refractivity contribution in [3.05, 3.63) is 101 Å². The molecule has 3 aromatic rings. The van der Waals surface area contributed by atoms with Crippen molar-refractivity contribution < 1.29 is 19.2 Å². The zero-order chi connectivity index (χ0) is 23.5. The smallest absolute Gasteiger partial charge is 0.283 e. The molecule has 1 aliphatic rings. The van der Waals surface area contributed by atoms with Gasteiger partial charge in [0.1, 0.15) is 10.7 Å². The number of nitrogens with one attached hydrogen (secondary N) is 2. The zero-order valence-corrected chi connectivity index (χ0v) is 18.2. The summed E-state index contributed by atoms with van der Waals surface area (Å²) in [6, 6.07) is 21.5. The molecule has 0 aliphatic carbocycles. The lowest BCUT2D eigenvalue weighted by molar-refractivity contribution is -0.120. The predicted octanol–water partition coefficient (Wildman–Crippen LogP) is 4.58. The Balaban J connectivity index is 1.45. The molecule has 0 spiro atoms. The molecule has 0 saturated carbocycles. The van der Waals surface area contributed by atoms with E-state index in [1.54, 1.807) is 78.9 Å². The van der Waals surface area contributed by atoms with Gasteiger partial charge in [-0.05, 0) is 67.6 Å². The summed E-state index contributed by atoms with van der Waals surface area (Å²) < 4.78 is 0. The molecule has 7 nitrogen and oxygen atoms in total. The highest BCUT2D eigenvalue weighted by molar-refractivity contribution is 6.53. The van der Waals surface area contributed by atoms with Crippen LogP contribution in [0.2, 0.25) is 0 Å². The summed E-state index contributed by atoms with van der Waals surface area (Å²) in [5, 5.41) is 5.42. The number of para-hydroxylation sites is 1. The first kappa shape index (κ1) is 22.0. The topological polar surface area (TPSA) is 95.6 Å². The monoisotopic (exact) mass is 459 g/mol. The van der Waals surface area contributed by atoms with Crippen LogP contribution in [0.1, 0.15) is 27.6 Å². The van der Waals surface area contributed by atoms with E-state index in [0.717, 1.165) is 4.90 Å². The molecule has 0 saturated heterocycles. The van der Waals surface area contributed by atoms with Gasteiger partial charge in [0, 0.05) is 22.5 Å². The molecule has 3 amide bonds. The second kappa shape index (κ2) is 9.10. The van der Waals surface area contributed by atoms with Crippen LogP contribution in [-0.4, -0.2) is 23.5 Å². The van der Waals surface area contributed by atoms with Crippen molar-refractivity contribution in [2.45, 2.75) is 6.92 Å². The van der Waals surface area contributed by atoms with Gasteiger partial charge in [0.05, 0.1) is 5.69 Å². The maximum Gasteiger partial charge on any atom is 0.283 e. The molecular weight excluding hydrogens is 442 g/mol. The van der Waals surface area contributed by atoms with Crippen LogP contribution in [-0.2, 0) is 9.59 Å². The van der Waals surface area contributed by atoms with E-state index in [2.05, 4.69) is 10.6 Å². The summed E-state index contributed by atoms with van der Waals surface area (Å²) >= 11 is 6.14. The molecule has 0 radical (unpaired) electrons. The molecule has 8 heteroatoms. The summed E-state index contributed by atoms with van der Waals surface area (Å²) in [5.74, 6) is -1.56. The number of anilines is 3. The fourth-order valence-electron chi connectivity index (χ4n) is 3.26. The standard InChI is InChI=1S/C25H18ClN3O4/c1-15(30)16-7-11-19(12-8-16)28-23(31)17-9-13-18(14-10-17)27-22-21(26)24(32)29(25(22)33)20-5-3-2-4-6-20/h2-14,27H,1H3,(H,28,31). The normalized spacial score (nSPS) is 13.3. The summed E-state index contributed by atoms with van der Waals surface area (Å²) in [5.41, 5.74) is 2.37. The second-order valence-corrected chi connectivity index (χ2v) is 7.64. The van der Waals surface area contributed by atoms with Crippen LogP contribution in [0.25, 0.3) is 0 Å². The van der Waals surface area contributed by atoms with Crippen molar-refractivity contribution in [3.8, 4) is 0 Å². The third kappa shape index (κ3) is 4.53. The molecule has 0 bridgehead atoms. The van der Waals surface area contributed by atoms with Crippen molar-refractivity contribution in [2.24, 2.45) is 0 Å². The molecule has 164 valence electrons. The molecule has 1 aliphatic heterocycles. The van der Waals surface area contributed by atoms with Gasteiger partial charge in [0.2, 0.25) is 0 Å². The molecule has 33 heavy (non-hydrogen) atoms. The molecule has 0 atom stereocenters. The number of amides is 3. The summed E-state index contributed by atoms with van der Waals surface area (Å²) in [6.45, 7) is 1.47. The number of benzene rings is 3. The Morgan fingerprint density at radius 2 is 1.33 bits per heavy atom. The fraction of sp³-hybridized carbons (Fsp3) is 0.0400. The number of carbonyl (C=O) groups is 4. The maximum atomic E-state index is 12.8. The van der Waals surface area contributed by atoms with Gasteiger partial charge in [0.25, 0.3) is 17.7 Å². The number of carbonyl (C=O) groups excluding carboxylic acids is 4. The van der Waals surface area contributed by atoms with Crippen LogP contribution < -0.4 is 15.5 Å². The number of Topliss-reactive ketones (excluding diaryl/α,β-unsaturated/α-hetero) is 1. The van der Waals surface area contributed by atoms with Crippen LogP contribution in [0.15, 0.2) is 89.6 Å². The number of rotatable bonds is 6. The zero-order valence-electron chi connectivity index (χ0n) is 17.5. The Kier molecular flexibility index (Phi) is 6.06. The number of ketones is 1. The van der Waals surface area contributed by atoms with Crippen molar-refractivity contribution in [1.82, 2.24) is 0 Å². The summed E-state index contributed by atoms with van der Waals surface area (Å²) in [4.78, 5) is 50.1. The quantitative estimate of drug-likeness (QED) is 0.415. The van der Waals surface area contributed by atoms with Crippen molar-refractivity contribution in [2.75, 3.05) is 15.5 Å². The first-order valence-electron chi connectivity index (χ1n) is 9.98. The number of hydrogen-bond acceptors (Lipinski definition) is 5. The highest BCUT2D eigenvalue weighted by Gasteiger charge is 2.38. The molecule has 0 fully saturated rings. The van der Waals surface area contributed by atoms with Gasteiger partial charge in [0.15, 0.2) is 5.78 Å². The minimum absolute atomic E-state index is 0.0340. The van der Waals surface area contributed by atoms with E-state index in [4.69, 9.17) is 11.6 Å². The van der Waals surface area contributed by atoms with Gasteiger partial charge in [-0.15, -0.1) is 0 Å². The molecule has 3 aromatic carbocycles. The number of halogens is 1. The number of hydrogen-bond donors (Lipinski definition) is 2. The van der Waals surface area contributed by atoms with Gasteiger partial charge in [-0.1, -0.05) is 29.8 Å². The van der Waals surface area contributed by atoms with Crippen LogP contribution >= 0.6 is 11.6 Å². The van der Waals surface area contributed by atoms with Crippen molar-refractivity contribution >= 4 is 52.2 Å². The van der Waals surface area contributed by atoms with Crippen LogP contribution in [0.5, 0.6) is 0 Å². The van der Waals surface area contributed by atoms with Crippen molar-refractivity contribution in [1.29, 1.82) is 0 Å². The Hall–Kier alpha value is -4.23. The van der Waals surface area contributed by atoms with Gasteiger partial charge in [-0.3, -0.25) is 19.2 Å². The van der Waals surface area contributed by atoms with Crippen LogP contribution in [0.3, 0.4) is 0 Å². The minimum Gasteiger partial charge on any atom is -0.350 e. The molecule has 0 aromatic heterocycles. The lowest BCUT2D eigenvalue weighted by Gasteiger charge is -2.15. The third-order valence-corrected chi connectivity index (χ3v) is 5.36. The highest BCUT2D eigenvalue weighted by Crippen LogP contribution is 2.30. The lowest BCUT2D eigenvalue weighted by atomic mass is 10.1. The fourth-order valence-corrected chi connectivity index (χ4v) is 3.48. The number of imide groups is 1. The summed E-state index contributed by atoms with van der Waals surface area (Å²) in [6.07, 6.45) is 0. The average molecular weight is 460 g/mol. The molecule has 2 N–H and O–H groups in total. The van der Waals surface area contributed by atoms with E-state index in [1.165, 1.54) is 6.92 Å². The molecule has 0 unspecified atom stereocenters. The average Bonchev–Trinajstić information content (AvgIpc) is 3.03. The van der Waals surface area contributed by atoms with E-state index in [0.29, 0.717) is 28.2 Å². The predicted molar refractivity (Wildman–Crippen MR) is 126 cm³/mol. The van der Waals surface area contributed by atoms with E-state index in [9.17, 15) is 19.2 Å². The second-order valence-electron chi connectivity index (χ2n) is 7.26. The van der Waals surface area contributed by atoms with E-state index >= 15 is 0 Å². The highest BCUT2D eigenvalue weighted by atomic mass is 35.5. The largest absolute Gasteiger partial charge is 0.350 e. The van der Waals surface area contributed by atoms with E-state index in [1.807, 2.05) is 0 Å². The van der Waals surface area contributed by atoms with Gasteiger partial charge in [-0.2, -0.15) is 0 Å². The van der Waals surface area contributed by atoms with E-state index < -0.39 is 11.8 Å². The third-order valence-electron chi connectivity index (χ3n) is 5.01. The van der Waals surface area contributed by atoms with Gasteiger partial charge in [-0.25, -0.2) is 4.90 Å². The molecular formula is C25H18ClN3O4. The van der Waals surface area contributed by atoms with Crippen molar-refractivity contribution in [3.63, 3.8) is 0 Å².